The largest absolute Gasteiger partial charge is 0.489 e. The molecule has 96 valence electrons. The molecular formula is C13H17N3OS. The number of aryl methyl sites for hydroxylation is 1. The highest BCUT2D eigenvalue weighted by Gasteiger charge is 2.13. The Morgan fingerprint density at radius 2 is 2.11 bits per heavy atom. The zero-order valence-electron chi connectivity index (χ0n) is 10.8. The van der Waals surface area contributed by atoms with E-state index in [1.165, 1.54) is 0 Å². The van der Waals surface area contributed by atoms with Crippen LogP contribution in [0.25, 0.3) is 0 Å². The fourth-order valence-corrected chi connectivity index (χ4v) is 2.28. The van der Waals surface area contributed by atoms with E-state index in [0.29, 0.717) is 0 Å². The SMILES string of the molecule is Cc1nc(C(N)c2cncc(OC(C)C)c2)cs1. The summed E-state index contributed by atoms with van der Waals surface area (Å²) in [5.41, 5.74) is 7.97. The molecule has 2 aromatic rings. The quantitative estimate of drug-likeness (QED) is 0.921. The van der Waals surface area contributed by atoms with Crippen molar-refractivity contribution in [2.45, 2.75) is 32.9 Å². The predicted octanol–water partition coefficient (Wildman–Crippen LogP) is 2.68. The lowest BCUT2D eigenvalue weighted by Crippen LogP contribution is -2.13. The van der Waals surface area contributed by atoms with Crippen molar-refractivity contribution < 1.29 is 4.74 Å². The zero-order valence-corrected chi connectivity index (χ0v) is 11.6. The Hall–Kier alpha value is -1.46. The van der Waals surface area contributed by atoms with E-state index >= 15 is 0 Å². The fourth-order valence-electron chi connectivity index (χ4n) is 1.64. The number of rotatable bonds is 4. The fraction of sp³-hybridized carbons (Fsp3) is 0.385. The maximum Gasteiger partial charge on any atom is 0.138 e. The molecule has 2 N–H and O–H groups in total. The average molecular weight is 263 g/mol. The van der Waals surface area contributed by atoms with Crippen LogP contribution in [0.1, 0.15) is 36.2 Å². The molecule has 0 radical (unpaired) electrons. The number of nitrogens with two attached hydrogens (primary N) is 1. The third-order valence-electron chi connectivity index (χ3n) is 2.42. The van der Waals surface area contributed by atoms with Gasteiger partial charge >= 0.3 is 0 Å². The molecule has 18 heavy (non-hydrogen) atoms. The van der Waals surface area contributed by atoms with E-state index in [9.17, 15) is 0 Å². The van der Waals surface area contributed by atoms with Gasteiger partial charge < -0.3 is 10.5 Å². The maximum absolute atomic E-state index is 6.18. The number of pyridine rings is 1. The van der Waals surface area contributed by atoms with Crippen molar-refractivity contribution >= 4 is 11.3 Å². The second-order valence-electron chi connectivity index (χ2n) is 4.39. The highest BCUT2D eigenvalue weighted by Crippen LogP contribution is 2.23. The summed E-state index contributed by atoms with van der Waals surface area (Å²) in [5.74, 6) is 0.741. The molecule has 2 heterocycles. The molecule has 0 aliphatic rings. The number of nitrogens with zero attached hydrogens (tertiary/aromatic N) is 2. The first-order valence-corrected chi connectivity index (χ1v) is 6.73. The molecule has 2 aromatic heterocycles. The van der Waals surface area contributed by atoms with E-state index in [4.69, 9.17) is 10.5 Å². The Labute approximate surface area is 111 Å². The van der Waals surface area contributed by atoms with E-state index in [-0.39, 0.29) is 12.1 Å². The normalized spacial score (nSPS) is 12.7. The molecule has 0 aromatic carbocycles. The molecular weight excluding hydrogens is 246 g/mol. The van der Waals surface area contributed by atoms with Crippen molar-refractivity contribution in [3.63, 3.8) is 0 Å². The first-order valence-electron chi connectivity index (χ1n) is 5.85. The van der Waals surface area contributed by atoms with E-state index in [2.05, 4.69) is 9.97 Å². The van der Waals surface area contributed by atoms with Crippen molar-refractivity contribution in [3.8, 4) is 5.75 Å². The van der Waals surface area contributed by atoms with E-state index in [0.717, 1.165) is 22.0 Å². The van der Waals surface area contributed by atoms with Crippen molar-refractivity contribution in [2.24, 2.45) is 5.73 Å². The van der Waals surface area contributed by atoms with Crippen LogP contribution in [-0.4, -0.2) is 16.1 Å². The smallest absolute Gasteiger partial charge is 0.138 e. The summed E-state index contributed by atoms with van der Waals surface area (Å²) in [4.78, 5) is 8.56. The summed E-state index contributed by atoms with van der Waals surface area (Å²) >= 11 is 1.60. The lowest BCUT2D eigenvalue weighted by atomic mass is 10.1. The summed E-state index contributed by atoms with van der Waals surface area (Å²) in [6.45, 7) is 5.93. The number of ether oxygens (including phenoxy) is 1. The highest BCUT2D eigenvalue weighted by molar-refractivity contribution is 7.09. The van der Waals surface area contributed by atoms with Gasteiger partial charge in [0.2, 0.25) is 0 Å². The minimum Gasteiger partial charge on any atom is -0.489 e. The molecule has 0 aliphatic carbocycles. The molecule has 0 saturated carbocycles. The van der Waals surface area contributed by atoms with Crippen LogP contribution in [-0.2, 0) is 0 Å². The van der Waals surface area contributed by atoms with Gasteiger partial charge in [-0.05, 0) is 32.4 Å². The first kappa shape index (κ1) is 13.0. The molecule has 0 fully saturated rings. The highest BCUT2D eigenvalue weighted by atomic mass is 32.1. The van der Waals surface area contributed by atoms with E-state index in [1.807, 2.05) is 32.2 Å². The van der Waals surface area contributed by atoms with Gasteiger partial charge in [-0.15, -0.1) is 11.3 Å². The van der Waals surface area contributed by atoms with Crippen molar-refractivity contribution in [2.75, 3.05) is 0 Å². The summed E-state index contributed by atoms with van der Waals surface area (Å²) in [6, 6.07) is 1.67. The Balaban J connectivity index is 2.22. The van der Waals surface area contributed by atoms with Gasteiger partial charge in [0.1, 0.15) is 5.75 Å². The van der Waals surface area contributed by atoms with Gasteiger partial charge in [0, 0.05) is 11.6 Å². The van der Waals surface area contributed by atoms with Crippen LogP contribution in [0.15, 0.2) is 23.8 Å². The standard InChI is InChI=1S/C13H17N3OS/c1-8(2)17-11-4-10(5-15-6-11)13(14)12-7-18-9(3)16-12/h4-8,13H,14H2,1-3H3. The monoisotopic (exact) mass is 263 g/mol. The van der Waals surface area contributed by atoms with Crippen molar-refractivity contribution in [1.82, 2.24) is 9.97 Å². The molecule has 2 rings (SSSR count). The van der Waals surface area contributed by atoms with Gasteiger partial charge in [-0.1, -0.05) is 0 Å². The van der Waals surface area contributed by atoms with Gasteiger partial charge in [-0.25, -0.2) is 4.98 Å². The lowest BCUT2D eigenvalue weighted by molar-refractivity contribution is 0.241. The molecule has 5 heteroatoms. The second kappa shape index (κ2) is 5.46. The Kier molecular flexibility index (Phi) is 3.93. The number of thiazole rings is 1. The molecule has 0 amide bonds. The Morgan fingerprint density at radius 1 is 1.33 bits per heavy atom. The summed E-state index contributed by atoms with van der Waals surface area (Å²) < 4.78 is 5.61. The summed E-state index contributed by atoms with van der Waals surface area (Å²) in [5, 5.41) is 3.00. The van der Waals surface area contributed by atoms with Crippen LogP contribution in [0.2, 0.25) is 0 Å². The maximum atomic E-state index is 6.18. The molecule has 1 unspecified atom stereocenters. The lowest BCUT2D eigenvalue weighted by Gasteiger charge is -2.13. The minimum atomic E-state index is -0.252. The van der Waals surface area contributed by atoms with Crippen LogP contribution in [0.5, 0.6) is 5.75 Å². The van der Waals surface area contributed by atoms with Gasteiger partial charge in [0.25, 0.3) is 0 Å². The third kappa shape index (κ3) is 3.05. The molecule has 0 bridgehead atoms. The van der Waals surface area contributed by atoms with Crippen LogP contribution in [0, 0.1) is 6.92 Å². The summed E-state index contributed by atoms with van der Waals surface area (Å²) in [6.07, 6.45) is 3.58. The molecule has 4 nitrogen and oxygen atoms in total. The van der Waals surface area contributed by atoms with Gasteiger partial charge in [-0.3, -0.25) is 4.98 Å². The van der Waals surface area contributed by atoms with Crippen LogP contribution < -0.4 is 10.5 Å². The topological polar surface area (TPSA) is 61.0 Å². The van der Waals surface area contributed by atoms with E-state index in [1.54, 1.807) is 23.7 Å². The van der Waals surface area contributed by atoms with Crippen LogP contribution in [0.4, 0.5) is 0 Å². The Bertz CT molecular complexity index is 524. The zero-order chi connectivity index (χ0) is 13.1. The van der Waals surface area contributed by atoms with Crippen molar-refractivity contribution in [1.29, 1.82) is 0 Å². The molecule has 0 spiro atoms. The van der Waals surface area contributed by atoms with Gasteiger partial charge in [0.05, 0.1) is 29.0 Å². The Morgan fingerprint density at radius 3 is 2.72 bits per heavy atom. The third-order valence-corrected chi connectivity index (χ3v) is 3.21. The molecule has 0 aliphatic heterocycles. The summed E-state index contributed by atoms with van der Waals surface area (Å²) in [7, 11) is 0. The van der Waals surface area contributed by atoms with Crippen molar-refractivity contribution in [3.05, 3.63) is 40.1 Å². The van der Waals surface area contributed by atoms with E-state index < -0.39 is 0 Å². The van der Waals surface area contributed by atoms with Gasteiger partial charge in [0.15, 0.2) is 0 Å². The number of hydrogen-bond acceptors (Lipinski definition) is 5. The number of hydrogen-bond donors (Lipinski definition) is 1. The van der Waals surface area contributed by atoms with Crippen LogP contribution >= 0.6 is 11.3 Å². The van der Waals surface area contributed by atoms with Gasteiger partial charge in [-0.2, -0.15) is 0 Å². The number of aromatic nitrogens is 2. The molecule has 1 atom stereocenters. The molecule has 0 saturated heterocycles. The first-order chi connectivity index (χ1) is 8.56. The predicted molar refractivity (Wildman–Crippen MR) is 72.9 cm³/mol. The average Bonchev–Trinajstić information content (AvgIpc) is 2.74. The minimum absolute atomic E-state index is 0.125. The van der Waals surface area contributed by atoms with Crippen LogP contribution in [0.3, 0.4) is 0 Å². The second-order valence-corrected chi connectivity index (χ2v) is 5.45.